The van der Waals surface area contributed by atoms with Gasteiger partial charge >= 0.3 is 6.18 Å². The van der Waals surface area contributed by atoms with E-state index in [2.05, 4.69) is 9.97 Å². The highest BCUT2D eigenvalue weighted by molar-refractivity contribution is 5.87. The summed E-state index contributed by atoms with van der Waals surface area (Å²) in [7, 11) is 0. The first-order valence-corrected chi connectivity index (χ1v) is 6.98. The fourth-order valence-corrected chi connectivity index (χ4v) is 2.84. The maximum atomic E-state index is 13.5. The van der Waals surface area contributed by atoms with Crippen molar-refractivity contribution in [2.75, 3.05) is 12.3 Å². The number of hydrogen-bond acceptors (Lipinski definition) is 7. The number of nitrogens with zero attached hydrogens (tertiary/aromatic N) is 3. The fourth-order valence-electron chi connectivity index (χ4n) is 2.84. The number of nitrogen functional groups attached to an aromatic ring is 1. The van der Waals surface area contributed by atoms with Gasteiger partial charge in [0.1, 0.15) is 35.7 Å². The third-order valence-electron chi connectivity index (χ3n) is 4.12. The van der Waals surface area contributed by atoms with Crippen LogP contribution in [0.5, 0.6) is 0 Å². The van der Waals surface area contributed by atoms with Gasteiger partial charge in [-0.05, 0) is 6.07 Å². The van der Waals surface area contributed by atoms with Crippen LogP contribution in [0.3, 0.4) is 0 Å². The lowest BCUT2D eigenvalue weighted by molar-refractivity contribution is -0.150. The lowest BCUT2D eigenvalue weighted by Crippen LogP contribution is -2.47. The van der Waals surface area contributed by atoms with Crippen molar-refractivity contribution >= 4 is 16.9 Å². The van der Waals surface area contributed by atoms with Crippen molar-refractivity contribution in [1.29, 1.82) is 0 Å². The fraction of sp³-hybridized carbons (Fsp3) is 0.429. The monoisotopic (exact) mass is 358 g/mol. The van der Waals surface area contributed by atoms with E-state index in [0.29, 0.717) is 10.6 Å². The normalized spacial score (nSPS) is 29.9. The molecule has 134 valence electrons. The first-order valence-electron chi connectivity index (χ1n) is 6.98. The molecule has 0 unspecified atom stereocenters. The number of aromatic nitrogens is 3. The van der Waals surface area contributed by atoms with Crippen LogP contribution in [0.15, 0.2) is 12.4 Å². The van der Waals surface area contributed by atoms with Crippen LogP contribution in [0.2, 0.25) is 0 Å². The van der Waals surface area contributed by atoms with Gasteiger partial charge in [0.15, 0.2) is 11.8 Å². The summed E-state index contributed by atoms with van der Waals surface area (Å²) in [4.78, 5) is 7.39. The predicted molar refractivity (Wildman–Crippen MR) is 77.7 cm³/mol. The average Bonchev–Trinajstić information content (AvgIpc) is 3.06. The highest BCUT2D eigenvalue weighted by Gasteiger charge is 2.56. The number of anilines is 1. The van der Waals surface area contributed by atoms with Crippen LogP contribution in [0.4, 0.5) is 19.0 Å². The largest absolute Gasteiger partial charge is 0.431 e. The molecule has 25 heavy (non-hydrogen) atoms. The lowest BCUT2D eigenvalue weighted by Gasteiger charge is -2.25. The molecule has 4 atom stereocenters. The number of aliphatic hydroxyl groups is 3. The molecule has 1 saturated heterocycles. The topological polar surface area (TPSA) is 127 Å². The van der Waals surface area contributed by atoms with Gasteiger partial charge in [-0.15, -0.1) is 6.42 Å². The van der Waals surface area contributed by atoms with E-state index in [1.807, 2.05) is 5.92 Å². The molecule has 11 heteroatoms. The summed E-state index contributed by atoms with van der Waals surface area (Å²) in [6.07, 6.45) is -3.92. The number of ether oxygens (including phenoxy) is 1. The van der Waals surface area contributed by atoms with Gasteiger partial charge in [-0.3, -0.25) is 4.57 Å². The second-order valence-electron chi connectivity index (χ2n) is 5.51. The molecule has 0 spiro atoms. The van der Waals surface area contributed by atoms with E-state index in [9.17, 15) is 28.5 Å². The third kappa shape index (κ3) is 2.42. The summed E-state index contributed by atoms with van der Waals surface area (Å²) in [5.74, 6) is 1.67. The molecule has 1 aliphatic heterocycles. The minimum atomic E-state index is -4.85. The van der Waals surface area contributed by atoms with E-state index >= 15 is 0 Å². The van der Waals surface area contributed by atoms with E-state index in [1.165, 1.54) is 0 Å². The van der Waals surface area contributed by atoms with Gasteiger partial charge in [0.05, 0.1) is 12.0 Å². The molecule has 2 aromatic heterocycles. The lowest BCUT2D eigenvalue weighted by atomic mass is 9.93. The molecule has 0 saturated carbocycles. The minimum Gasteiger partial charge on any atom is -0.394 e. The summed E-state index contributed by atoms with van der Waals surface area (Å²) in [5.41, 5.74) is 1.73. The van der Waals surface area contributed by atoms with Gasteiger partial charge in [-0.1, -0.05) is 5.92 Å². The molecule has 0 aliphatic carbocycles. The number of hydrogen-bond donors (Lipinski definition) is 4. The Hall–Kier alpha value is -2.39. The third-order valence-corrected chi connectivity index (χ3v) is 4.12. The van der Waals surface area contributed by atoms with Gasteiger partial charge in [0.2, 0.25) is 0 Å². The highest BCUT2D eigenvalue weighted by Crippen LogP contribution is 2.43. The van der Waals surface area contributed by atoms with Crippen LogP contribution in [0, 0.1) is 12.3 Å². The molecular weight excluding hydrogens is 345 g/mol. The zero-order valence-electron chi connectivity index (χ0n) is 12.5. The number of halogens is 3. The Labute approximate surface area is 138 Å². The second-order valence-corrected chi connectivity index (χ2v) is 5.51. The number of terminal acetylenes is 1. The van der Waals surface area contributed by atoms with Crippen molar-refractivity contribution in [1.82, 2.24) is 14.5 Å². The van der Waals surface area contributed by atoms with Crippen molar-refractivity contribution < 1.29 is 33.2 Å². The molecule has 0 bridgehead atoms. The number of rotatable bonds is 2. The Morgan fingerprint density at radius 3 is 2.64 bits per heavy atom. The van der Waals surface area contributed by atoms with Crippen LogP contribution in [0.1, 0.15) is 11.9 Å². The van der Waals surface area contributed by atoms with Gasteiger partial charge in [0, 0.05) is 0 Å². The van der Waals surface area contributed by atoms with E-state index in [0.717, 1.165) is 6.33 Å². The Bertz CT molecular complexity index is 862. The molecule has 0 aromatic carbocycles. The van der Waals surface area contributed by atoms with Crippen molar-refractivity contribution in [3.05, 3.63) is 18.1 Å². The minimum absolute atomic E-state index is 0.109. The summed E-state index contributed by atoms with van der Waals surface area (Å²) in [6, 6.07) is 0.710. The van der Waals surface area contributed by atoms with Gasteiger partial charge in [-0.2, -0.15) is 13.2 Å². The molecule has 1 fully saturated rings. The Morgan fingerprint density at radius 1 is 1.44 bits per heavy atom. The Kier molecular flexibility index (Phi) is 3.88. The molecule has 8 nitrogen and oxygen atoms in total. The quantitative estimate of drug-likeness (QED) is 0.540. The number of fused-ring (bicyclic) bond motifs is 1. The van der Waals surface area contributed by atoms with Crippen LogP contribution >= 0.6 is 0 Å². The molecule has 5 N–H and O–H groups in total. The van der Waals surface area contributed by atoms with Crippen molar-refractivity contribution in [3.63, 3.8) is 0 Å². The average molecular weight is 358 g/mol. The van der Waals surface area contributed by atoms with Gasteiger partial charge in [-0.25, -0.2) is 9.97 Å². The molecule has 2 aromatic rings. The number of nitrogens with two attached hydrogens (primary N) is 1. The van der Waals surface area contributed by atoms with Crippen LogP contribution in [0.25, 0.3) is 11.0 Å². The molecule has 3 heterocycles. The van der Waals surface area contributed by atoms with Gasteiger partial charge in [0.25, 0.3) is 0 Å². The summed E-state index contributed by atoms with van der Waals surface area (Å²) < 4.78 is 46.1. The van der Waals surface area contributed by atoms with Crippen molar-refractivity contribution in [2.45, 2.75) is 30.2 Å². The van der Waals surface area contributed by atoms with E-state index in [-0.39, 0.29) is 16.9 Å². The van der Waals surface area contributed by atoms with Crippen molar-refractivity contribution in [3.8, 4) is 12.3 Å². The first-order chi connectivity index (χ1) is 11.6. The molecule has 0 radical (unpaired) electrons. The van der Waals surface area contributed by atoms with E-state index < -0.39 is 42.5 Å². The van der Waals surface area contributed by atoms with Crippen LogP contribution in [-0.4, -0.2) is 54.3 Å². The molecule has 0 amide bonds. The van der Waals surface area contributed by atoms with E-state index in [1.54, 1.807) is 0 Å². The molecular formula is C14H13F3N4O4. The summed E-state index contributed by atoms with van der Waals surface area (Å²) in [5, 5.41) is 29.8. The predicted octanol–water partition coefficient (Wildman–Crippen LogP) is -0.353. The SMILES string of the molecule is C#C[C@@]1(O)[C@@H](CO)O[C@@H](n2c(C(F)(F)F)cc3c(N)ncnc32)[C@@H]1O. The maximum absolute atomic E-state index is 13.5. The molecule has 1 aliphatic rings. The van der Waals surface area contributed by atoms with Crippen LogP contribution < -0.4 is 5.73 Å². The zero-order chi connectivity index (χ0) is 18.6. The first kappa shape index (κ1) is 17.4. The standard InChI is InChI=1S/C14H13F3N4O4/c1-2-13(24)8(4-22)25-12(9(13)23)21-7(14(15,16)17)3-6-10(18)19-5-20-11(6)21/h1,3,5,8-9,12,22-24H,4H2,(H2,18,19,20)/t8-,9+,12-,13-/m1/s1. The number of alkyl halides is 3. The molecule has 3 rings (SSSR count). The van der Waals surface area contributed by atoms with Crippen LogP contribution in [-0.2, 0) is 10.9 Å². The van der Waals surface area contributed by atoms with Gasteiger partial charge < -0.3 is 25.8 Å². The van der Waals surface area contributed by atoms with E-state index in [4.69, 9.17) is 16.9 Å². The highest BCUT2D eigenvalue weighted by atomic mass is 19.4. The summed E-state index contributed by atoms with van der Waals surface area (Å²) >= 11 is 0. The maximum Gasteiger partial charge on any atom is 0.431 e. The second kappa shape index (κ2) is 5.57. The number of aliphatic hydroxyl groups excluding tert-OH is 2. The smallest absolute Gasteiger partial charge is 0.394 e. The zero-order valence-corrected chi connectivity index (χ0v) is 12.5. The Balaban J connectivity index is 2.26. The van der Waals surface area contributed by atoms with Crippen molar-refractivity contribution in [2.24, 2.45) is 0 Å². The Morgan fingerprint density at radius 2 is 2.12 bits per heavy atom. The summed E-state index contributed by atoms with van der Waals surface area (Å²) in [6.45, 7) is -0.814.